The molecule has 0 fully saturated rings. The van der Waals surface area contributed by atoms with Crippen molar-refractivity contribution in [2.75, 3.05) is 37.3 Å². The van der Waals surface area contributed by atoms with Crippen molar-refractivity contribution in [2.45, 2.75) is 116 Å². The Morgan fingerprint density at radius 1 is 0.953 bits per heavy atom. The molecule has 2 atom stereocenters. The van der Waals surface area contributed by atoms with Gasteiger partial charge in [-0.25, -0.2) is 15.0 Å². The molecule has 6 N–H and O–H groups in total. The van der Waals surface area contributed by atoms with Gasteiger partial charge in [0.15, 0.2) is 11.5 Å². The first kappa shape index (κ1) is 39.3. The molecule has 1 unspecified atom stereocenters. The van der Waals surface area contributed by atoms with Gasteiger partial charge < -0.3 is 35.3 Å². The molecule has 0 amide bonds. The smallest absolute Gasteiger partial charge is 0.353 e. The Labute approximate surface area is 261 Å². The fourth-order valence-corrected chi connectivity index (χ4v) is 6.48. The maximum Gasteiger partial charge on any atom is 0.353 e. The molecule has 2 aromatic heterocycles. The second-order valence-corrected chi connectivity index (χ2v) is 13.8. The van der Waals surface area contributed by atoms with Gasteiger partial charge in [-0.05, 0) is 37.7 Å². The highest BCUT2D eigenvalue weighted by atomic mass is 32.2. The lowest BCUT2D eigenvalue weighted by Crippen LogP contribution is -2.17. The van der Waals surface area contributed by atoms with E-state index in [1.807, 2.05) is 18.7 Å². The number of nitrogens with zero attached hydrogens (tertiary/aromatic N) is 4. The number of hydrogen-bond donors (Lipinski definition) is 3. The highest BCUT2D eigenvalue weighted by molar-refractivity contribution is 7.99. The quantitative estimate of drug-likeness (QED) is 0.0546. The van der Waals surface area contributed by atoms with Crippen molar-refractivity contribution >= 4 is 42.3 Å². The Morgan fingerprint density at radius 2 is 1.53 bits per heavy atom. The highest BCUT2D eigenvalue weighted by Gasteiger charge is 2.21. The number of nitrogens with two attached hydrogens (primary N) is 1. The molecular weight excluding hydrogens is 591 g/mol. The molecule has 0 saturated heterocycles. The van der Waals surface area contributed by atoms with Crippen molar-refractivity contribution in [3.05, 3.63) is 12.7 Å². The topological polar surface area (TPSA) is 187 Å². The third-order valence-electron chi connectivity index (χ3n) is 7.03. The van der Waals surface area contributed by atoms with Crippen LogP contribution in [0.4, 0.5) is 5.82 Å². The van der Waals surface area contributed by atoms with Crippen molar-refractivity contribution in [1.29, 1.82) is 0 Å². The van der Waals surface area contributed by atoms with Crippen molar-refractivity contribution in [2.24, 2.45) is 0 Å². The summed E-state index contributed by atoms with van der Waals surface area (Å²) in [7, 11) is -2.36. The second kappa shape index (κ2) is 23.6. The number of imidazole rings is 1. The zero-order valence-corrected chi connectivity index (χ0v) is 28.0. The molecule has 0 saturated carbocycles. The number of carbonyl (C=O) groups excluding carboxylic acids is 1. The molecular formula is C29H55N6O6PS. The van der Waals surface area contributed by atoms with E-state index in [0.29, 0.717) is 29.9 Å². The van der Waals surface area contributed by atoms with Crippen LogP contribution in [-0.4, -0.2) is 68.1 Å². The van der Waals surface area contributed by atoms with Crippen LogP contribution in [0.25, 0.3) is 11.2 Å². The van der Waals surface area contributed by atoms with Crippen LogP contribution < -0.4 is 11.9 Å². The summed E-state index contributed by atoms with van der Waals surface area (Å²) < 4.78 is 29.6. The molecule has 0 aromatic carbocycles. The van der Waals surface area contributed by atoms with Gasteiger partial charge in [0.1, 0.15) is 18.2 Å². The monoisotopic (exact) mass is 646 g/mol. The SMILES string of the molecule is COC(=O)CCCCCCCCCCCCCCCSCCCOP(=O)(O)CO[C@H](C)Cn1cnc2c(N)ncnc21.N. The molecule has 2 aromatic rings. The van der Waals surface area contributed by atoms with Gasteiger partial charge in [0.25, 0.3) is 0 Å². The molecule has 12 nitrogen and oxygen atoms in total. The molecule has 0 radical (unpaired) electrons. The number of methoxy groups -OCH3 is 1. The molecule has 43 heavy (non-hydrogen) atoms. The number of esters is 1. The number of unbranched alkanes of at least 4 members (excludes halogenated alkanes) is 12. The van der Waals surface area contributed by atoms with Crippen LogP contribution in [0, 0.1) is 0 Å². The Kier molecular flexibility index (Phi) is 21.5. The van der Waals surface area contributed by atoms with Crippen LogP contribution >= 0.6 is 19.4 Å². The molecule has 0 spiro atoms. The third-order valence-corrected chi connectivity index (χ3v) is 9.24. The number of ether oxygens (including phenoxy) is 2. The third kappa shape index (κ3) is 18.0. The van der Waals surface area contributed by atoms with Gasteiger partial charge in [-0.1, -0.05) is 70.6 Å². The summed E-state index contributed by atoms with van der Waals surface area (Å²) in [5.41, 5.74) is 6.93. The summed E-state index contributed by atoms with van der Waals surface area (Å²) in [6, 6.07) is 0. The zero-order valence-electron chi connectivity index (χ0n) is 26.3. The predicted molar refractivity (Wildman–Crippen MR) is 175 cm³/mol. The maximum atomic E-state index is 12.3. The average Bonchev–Trinajstić information content (AvgIpc) is 3.38. The second-order valence-electron chi connectivity index (χ2n) is 10.8. The summed E-state index contributed by atoms with van der Waals surface area (Å²) in [5.74, 6) is 2.25. The summed E-state index contributed by atoms with van der Waals surface area (Å²) in [6.45, 7) is 2.47. The van der Waals surface area contributed by atoms with E-state index in [0.717, 1.165) is 30.8 Å². The van der Waals surface area contributed by atoms with Gasteiger partial charge in [0.2, 0.25) is 0 Å². The Balaban J connectivity index is 0.00000924. The van der Waals surface area contributed by atoms with Gasteiger partial charge in [-0.3, -0.25) is 9.36 Å². The number of aromatic nitrogens is 4. The van der Waals surface area contributed by atoms with E-state index in [1.54, 1.807) is 10.9 Å². The average molecular weight is 647 g/mol. The van der Waals surface area contributed by atoms with Crippen molar-refractivity contribution in [3.8, 4) is 0 Å². The van der Waals surface area contributed by atoms with Crippen molar-refractivity contribution < 1.29 is 28.3 Å². The molecule has 2 rings (SSSR count). The van der Waals surface area contributed by atoms with E-state index < -0.39 is 7.60 Å². The minimum atomic E-state index is -3.81. The number of thioether (sulfide) groups is 1. The van der Waals surface area contributed by atoms with E-state index in [4.69, 9.17) is 15.0 Å². The van der Waals surface area contributed by atoms with Crippen molar-refractivity contribution in [1.82, 2.24) is 25.7 Å². The summed E-state index contributed by atoms with van der Waals surface area (Å²) in [6.07, 6.45) is 19.9. The van der Waals surface area contributed by atoms with Crippen LogP contribution in [0.2, 0.25) is 0 Å². The van der Waals surface area contributed by atoms with Crippen LogP contribution in [0.15, 0.2) is 12.7 Å². The van der Waals surface area contributed by atoms with Crippen LogP contribution in [0.3, 0.4) is 0 Å². The predicted octanol–water partition coefficient (Wildman–Crippen LogP) is 6.89. The minimum Gasteiger partial charge on any atom is -0.469 e. The Morgan fingerprint density at radius 3 is 2.16 bits per heavy atom. The number of nitrogen functional groups attached to an aromatic ring is 1. The highest BCUT2D eigenvalue weighted by Crippen LogP contribution is 2.42. The van der Waals surface area contributed by atoms with E-state index in [1.165, 1.54) is 84.1 Å². The van der Waals surface area contributed by atoms with Gasteiger partial charge in [-0.15, -0.1) is 0 Å². The van der Waals surface area contributed by atoms with Crippen LogP contribution in [0.5, 0.6) is 0 Å². The molecule has 2 heterocycles. The number of rotatable bonds is 26. The lowest BCUT2D eigenvalue weighted by atomic mass is 10.0. The van der Waals surface area contributed by atoms with E-state index >= 15 is 0 Å². The standard InChI is InChI=1S/C29H52N5O6PS.H3N/c1-25(21-34-23-33-27-28(30)31-22-32-29(27)34)39-24-41(36,37)40-18-16-20-42-19-15-13-11-9-7-5-3-4-6-8-10-12-14-17-26(35)38-2;/h22-23,25H,3-21,24H2,1-2H3,(H,36,37)(H2,30,31,32);1H3/t25-;/m1./s1. The van der Waals surface area contributed by atoms with E-state index in [2.05, 4.69) is 19.7 Å². The fraction of sp³-hybridized carbons (Fsp3) is 0.793. The summed E-state index contributed by atoms with van der Waals surface area (Å²) >= 11 is 1.88. The number of anilines is 1. The molecule has 0 aliphatic heterocycles. The van der Waals surface area contributed by atoms with Gasteiger partial charge in [-0.2, -0.15) is 11.8 Å². The molecule has 0 aliphatic carbocycles. The molecule has 248 valence electrons. The fourth-order valence-electron chi connectivity index (χ4n) is 4.61. The summed E-state index contributed by atoms with van der Waals surface area (Å²) in [5, 5.41) is 0. The maximum absolute atomic E-state index is 12.3. The lowest BCUT2D eigenvalue weighted by Gasteiger charge is -2.17. The van der Waals surface area contributed by atoms with Gasteiger partial charge in [0, 0.05) is 6.42 Å². The minimum absolute atomic E-state index is 0. The number of hydrogen-bond acceptors (Lipinski definition) is 11. The largest absolute Gasteiger partial charge is 0.469 e. The van der Waals surface area contributed by atoms with E-state index in [9.17, 15) is 14.3 Å². The summed E-state index contributed by atoms with van der Waals surface area (Å²) in [4.78, 5) is 33.5. The Hall–Kier alpha value is -1.76. The lowest BCUT2D eigenvalue weighted by molar-refractivity contribution is -0.140. The molecule has 14 heteroatoms. The number of carbonyl (C=O) groups is 1. The first-order chi connectivity index (χ1) is 20.3. The molecule has 0 aliphatic rings. The van der Waals surface area contributed by atoms with Crippen molar-refractivity contribution in [3.63, 3.8) is 0 Å². The normalized spacial score (nSPS) is 13.5. The first-order valence-electron chi connectivity index (χ1n) is 15.5. The van der Waals surface area contributed by atoms with Gasteiger partial charge in [0.05, 0.1) is 32.7 Å². The molecule has 0 bridgehead atoms. The number of fused-ring (bicyclic) bond motifs is 1. The van der Waals surface area contributed by atoms with Crippen LogP contribution in [0.1, 0.15) is 103 Å². The Bertz CT molecular complexity index is 1060. The van der Waals surface area contributed by atoms with E-state index in [-0.39, 0.29) is 31.2 Å². The van der Waals surface area contributed by atoms with Gasteiger partial charge >= 0.3 is 13.6 Å². The van der Waals surface area contributed by atoms with Crippen LogP contribution in [-0.2, 0) is 29.9 Å². The zero-order chi connectivity index (χ0) is 30.5. The first-order valence-corrected chi connectivity index (χ1v) is 18.4.